The first kappa shape index (κ1) is 18.8. The molecule has 0 bridgehead atoms. The topological polar surface area (TPSA) is 72.7 Å². The summed E-state index contributed by atoms with van der Waals surface area (Å²) in [4.78, 5) is 21.5. The van der Waals surface area contributed by atoms with Gasteiger partial charge in [0.15, 0.2) is 0 Å². The van der Waals surface area contributed by atoms with Crippen LogP contribution in [-0.4, -0.2) is 25.7 Å². The van der Waals surface area contributed by atoms with E-state index in [1.807, 2.05) is 59.7 Å². The molecule has 1 amide bonds. The summed E-state index contributed by atoms with van der Waals surface area (Å²) in [5.74, 6) is 0.473. The molecule has 2 aromatic heterocycles. The fourth-order valence-corrected chi connectivity index (χ4v) is 3.34. The zero-order valence-electron chi connectivity index (χ0n) is 16.7. The Morgan fingerprint density at radius 3 is 2.11 bits per heavy atom. The standard InChI is InChI=1S/C21H25N5O/c1-12-7-13(2)9-18(8-12)24-20(27)11-19-16(5)25-26(17(19)6)21-22-14(3)10-15(4)23-21/h7-10H,11H2,1-6H3,(H,24,27). The number of nitrogens with one attached hydrogen (secondary N) is 1. The molecular weight excluding hydrogens is 338 g/mol. The molecule has 3 rings (SSSR count). The molecule has 0 saturated heterocycles. The van der Waals surface area contributed by atoms with Crippen molar-refractivity contribution in [3.63, 3.8) is 0 Å². The minimum atomic E-state index is -0.0629. The summed E-state index contributed by atoms with van der Waals surface area (Å²) in [7, 11) is 0. The Balaban J connectivity index is 1.85. The van der Waals surface area contributed by atoms with E-state index >= 15 is 0 Å². The highest BCUT2D eigenvalue weighted by atomic mass is 16.1. The van der Waals surface area contributed by atoms with Gasteiger partial charge in [0.1, 0.15) is 0 Å². The maximum atomic E-state index is 12.6. The normalized spacial score (nSPS) is 10.9. The average molecular weight is 363 g/mol. The summed E-state index contributed by atoms with van der Waals surface area (Å²) in [5, 5.41) is 7.55. The minimum absolute atomic E-state index is 0.0629. The van der Waals surface area contributed by atoms with E-state index in [1.54, 1.807) is 4.68 Å². The lowest BCUT2D eigenvalue weighted by molar-refractivity contribution is -0.115. The largest absolute Gasteiger partial charge is 0.326 e. The van der Waals surface area contributed by atoms with Gasteiger partial charge in [0.2, 0.25) is 5.91 Å². The van der Waals surface area contributed by atoms with Gasteiger partial charge >= 0.3 is 0 Å². The Kier molecular flexibility index (Phi) is 5.08. The van der Waals surface area contributed by atoms with Crippen molar-refractivity contribution in [2.45, 2.75) is 48.0 Å². The van der Waals surface area contributed by atoms with Crippen molar-refractivity contribution in [2.75, 3.05) is 5.32 Å². The van der Waals surface area contributed by atoms with E-state index in [4.69, 9.17) is 0 Å². The van der Waals surface area contributed by atoms with E-state index in [0.717, 1.165) is 45.2 Å². The molecule has 0 unspecified atom stereocenters. The summed E-state index contributed by atoms with van der Waals surface area (Å²) < 4.78 is 1.72. The van der Waals surface area contributed by atoms with Crippen molar-refractivity contribution in [1.29, 1.82) is 0 Å². The predicted molar refractivity (Wildman–Crippen MR) is 106 cm³/mol. The SMILES string of the molecule is Cc1cc(C)cc(NC(=O)Cc2c(C)nn(-c3nc(C)cc(C)n3)c2C)c1. The van der Waals surface area contributed by atoms with Crippen molar-refractivity contribution in [3.05, 3.63) is 63.7 Å². The smallest absolute Gasteiger partial charge is 0.251 e. The first-order valence-corrected chi connectivity index (χ1v) is 8.99. The number of nitrogens with zero attached hydrogens (tertiary/aromatic N) is 4. The number of hydrogen-bond donors (Lipinski definition) is 1. The quantitative estimate of drug-likeness (QED) is 0.767. The molecule has 3 aromatic rings. The molecule has 0 aliphatic rings. The third-order valence-corrected chi connectivity index (χ3v) is 4.44. The molecule has 6 heteroatoms. The Hall–Kier alpha value is -3.02. The number of amides is 1. The second kappa shape index (κ2) is 7.31. The number of aryl methyl sites for hydroxylation is 5. The fraction of sp³-hybridized carbons (Fsp3) is 0.333. The lowest BCUT2D eigenvalue weighted by Crippen LogP contribution is -2.15. The number of benzene rings is 1. The van der Waals surface area contributed by atoms with Gasteiger partial charge in [-0.15, -0.1) is 0 Å². The van der Waals surface area contributed by atoms with E-state index in [0.29, 0.717) is 5.95 Å². The van der Waals surface area contributed by atoms with Crippen molar-refractivity contribution in [3.8, 4) is 5.95 Å². The van der Waals surface area contributed by atoms with Crippen LogP contribution in [0.1, 0.15) is 39.5 Å². The van der Waals surface area contributed by atoms with Crippen LogP contribution in [0.3, 0.4) is 0 Å². The second-order valence-electron chi connectivity index (χ2n) is 7.11. The number of hydrogen-bond acceptors (Lipinski definition) is 4. The number of carbonyl (C=O) groups excluding carboxylic acids is 1. The molecule has 0 atom stereocenters. The van der Waals surface area contributed by atoms with E-state index in [9.17, 15) is 4.79 Å². The van der Waals surface area contributed by atoms with Gasteiger partial charge in [-0.3, -0.25) is 4.79 Å². The van der Waals surface area contributed by atoms with Gasteiger partial charge < -0.3 is 5.32 Å². The molecular formula is C21H25N5O. The Morgan fingerprint density at radius 2 is 1.52 bits per heavy atom. The summed E-state index contributed by atoms with van der Waals surface area (Å²) in [5.41, 5.74) is 7.43. The highest BCUT2D eigenvalue weighted by Crippen LogP contribution is 2.19. The van der Waals surface area contributed by atoms with Crippen molar-refractivity contribution in [1.82, 2.24) is 19.7 Å². The van der Waals surface area contributed by atoms with Crippen LogP contribution in [0.5, 0.6) is 0 Å². The van der Waals surface area contributed by atoms with Crippen molar-refractivity contribution >= 4 is 11.6 Å². The Morgan fingerprint density at radius 1 is 0.926 bits per heavy atom. The third-order valence-electron chi connectivity index (χ3n) is 4.44. The highest BCUT2D eigenvalue weighted by molar-refractivity contribution is 5.92. The molecule has 0 aliphatic carbocycles. The zero-order chi connectivity index (χ0) is 19.7. The van der Waals surface area contributed by atoms with Gasteiger partial charge in [0, 0.05) is 28.3 Å². The lowest BCUT2D eigenvalue weighted by atomic mass is 10.1. The molecule has 1 aromatic carbocycles. The van der Waals surface area contributed by atoms with Crippen LogP contribution in [0, 0.1) is 41.5 Å². The molecule has 6 nitrogen and oxygen atoms in total. The Bertz CT molecular complexity index is 979. The number of rotatable bonds is 4. The zero-order valence-corrected chi connectivity index (χ0v) is 16.7. The second-order valence-corrected chi connectivity index (χ2v) is 7.11. The third kappa shape index (κ3) is 4.22. The van der Waals surface area contributed by atoms with E-state index in [-0.39, 0.29) is 12.3 Å². The molecule has 0 spiro atoms. The number of anilines is 1. The van der Waals surface area contributed by atoms with Crippen LogP contribution >= 0.6 is 0 Å². The first-order valence-electron chi connectivity index (χ1n) is 8.99. The van der Waals surface area contributed by atoms with Gasteiger partial charge in [-0.1, -0.05) is 6.07 Å². The molecule has 0 saturated carbocycles. The fourth-order valence-electron chi connectivity index (χ4n) is 3.34. The Labute approximate surface area is 159 Å². The predicted octanol–water partition coefficient (Wildman–Crippen LogP) is 3.69. The van der Waals surface area contributed by atoms with Crippen LogP contribution in [0.2, 0.25) is 0 Å². The maximum Gasteiger partial charge on any atom is 0.251 e. The maximum absolute atomic E-state index is 12.6. The van der Waals surface area contributed by atoms with Gasteiger partial charge in [0.05, 0.1) is 12.1 Å². The van der Waals surface area contributed by atoms with Crippen LogP contribution in [-0.2, 0) is 11.2 Å². The number of carbonyl (C=O) groups is 1. The van der Waals surface area contributed by atoms with E-state index < -0.39 is 0 Å². The monoisotopic (exact) mass is 363 g/mol. The van der Waals surface area contributed by atoms with Gasteiger partial charge in [0.25, 0.3) is 5.95 Å². The van der Waals surface area contributed by atoms with Crippen LogP contribution in [0.4, 0.5) is 5.69 Å². The van der Waals surface area contributed by atoms with Gasteiger partial charge in [-0.25, -0.2) is 14.6 Å². The van der Waals surface area contributed by atoms with E-state index in [1.165, 1.54) is 0 Å². The molecule has 2 heterocycles. The van der Waals surface area contributed by atoms with Gasteiger partial charge in [-0.05, 0) is 70.9 Å². The summed E-state index contributed by atoms with van der Waals surface area (Å²) >= 11 is 0. The summed E-state index contributed by atoms with van der Waals surface area (Å²) in [6, 6.07) is 7.94. The molecule has 1 N–H and O–H groups in total. The molecule has 140 valence electrons. The minimum Gasteiger partial charge on any atom is -0.326 e. The molecule has 0 aliphatic heterocycles. The molecule has 0 radical (unpaired) electrons. The summed E-state index contributed by atoms with van der Waals surface area (Å²) in [6.45, 7) is 11.8. The highest BCUT2D eigenvalue weighted by Gasteiger charge is 2.18. The van der Waals surface area contributed by atoms with Crippen LogP contribution < -0.4 is 5.32 Å². The average Bonchev–Trinajstić information content (AvgIpc) is 2.81. The van der Waals surface area contributed by atoms with Crippen LogP contribution in [0.15, 0.2) is 24.3 Å². The first-order chi connectivity index (χ1) is 12.7. The van der Waals surface area contributed by atoms with Crippen molar-refractivity contribution < 1.29 is 4.79 Å². The van der Waals surface area contributed by atoms with E-state index in [2.05, 4.69) is 26.4 Å². The lowest BCUT2D eigenvalue weighted by Gasteiger charge is -2.08. The number of aromatic nitrogens is 4. The summed E-state index contributed by atoms with van der Waals surface area (Å²) in [6.07, 6.45) is 0.259. The molecule has 27 heavy (non-hydrogen) atoms. The van der Waals surface area contributed by atoms with Gasteiger partial charge in [-0.2, -0.15) is 5.10 Å². The molecule has 0 fully saturated rings. The van der Waals surface area contributed by atoms with Crippen LogP contribution in [0.25, 0.3) is 5.95 Å². The van der Waals surface area contributed by atoms with Crippen molar-refractivity contribution in [2.24, 2.45) is 0 Å².